The molecule has 96 valence electrons. The van der Waals surface area contributed by atoms with Gasteiger partial charge in [0.2, 0.25) is 0 Å². The number of hydrogen-bond donors (Lipinski definition) is 2. The molecular weight excluding hydrogens is 216 g/mol. The number of nitrogens with two attached hydrogens (primary N) is 1. The normalized spacial score (nSPS) is 14.4. The number of nitrogens with zero attached hydrogens (tertiary/aromatic N) is 2. The summed E-state index contributed by atoms with van der Waals surface area (Å²) in [7, 11) is 1.82. The second-order valence-electron chi connectivity index (χ2n) is 4.59. The van der Waals surface area contributed by atoms with E-state index in [0.29, 0.717) is 12.1 Å². The van der Waals surface area contributed by atoms with E-state index in [2.05, 4.69) is 10.4 Å². The molecule has 0 aliphatic rings. The molecule has 1 aromatic rings. The average Bonchev–Trinajstić information content (AvgIpc) is 2.70. The van der Waals surface area contributed by atoms with Crippen molar-refractivity contribution >= 4 is 5.91 Å². The van der Waals surface area contributed by atoms with E-state index in [-0.39, 0.29) is 11.4 Å². The van der Waals surface area contributed by atoms with Crippen LogP contribution >= 0.6 is 0 Å². The third-order valence-corrected chi connectivity index (χ3v) is 3.13. The second-order valence-corrected chi connectivity index (χ2v) is 4.59. The van der Waals surface area contributed by atoms with Gasteiger partial charge in [-0.25, -0.2) is 0 Å². The highest BCUT2D eigenvalue weighted by molar-refractivity contribution is 5.95. The monoisotopic (exact) mass is 238 g/mol. The van der Waals surface area contributed by atoms with Crippen molar-refractivity contribution in [3.8, 4) is 0 Å². The van der Waals surface area contributed by atoms with Gasteiger partial charge in [0.25, 0.3) is 5.91 Å². The molecule has 0 bridgehead atoms. The third kappa shape index (κ3) is 3.06. The minimum absolute atomic E-state index is 0.0928. The van der Waals surface area contributed by atoms with Crippen LogP contribution in [0, 0.1) is 0 Å². The van der Waals surface area contributed by atoms with Crippen molar-refractivity contribution < 1.29 is 4.79 Å². The molecule has 0 aliphatic carbocycles. The first-order valence-corrected chi connectivity index (χ1v) is 6.00. The predicted molar refractivity (Wildman–Crippen MR) is 67.8 cm³/mol. The summed E-state index contributed by atoms with van der Waals surface area (Å²) in [5.74, 6) is -0.0928. The van der Waals surface area contributed by atoms with Crippen molar-refractivity contribution in [2.45, 2.75) is 39.2 Å². The Bertz CT molecular complexity index is 393. The van der Waals surface area contributed by atoms with Crippen molar-refractivity contribution in [1.29, 1.82) is 0 Å². The van der Waals surface area contributed by atoms with E-state index >= 15 is 0 Å². The minimum Gasteiger partial charge on any atom is -0.346 e. The van der Waals surface area contributed by atoms with Crippen LogP contribution in [-0.2, 0) is 13.5 Å². The van der Waals surface area contributed by atoms with Gasteiger partial charge in [0.05, 0.1) is 11.3 Å². The molecule has 0 aliphatic heterocycles. The Morgan fingerprint density at radius 3 is 2.71 bits per heavy atom. The van der Waals surface area contributed by atoms with Crippen LogP contribution in [0.15, 0.2) is 6.20 Å². The molecular formula is C12H22N4O. The zero-order valence-electron chi connectivity index (χ0n) is 11.1. The summed E-state index contributed by atoms with van der Waals surface area (Å²) < 4.78 is 1.67. The predicted octanol–water partition coefficient (Wildman–Crippen LogP) is 0.840. The maximum absolute atomic E-state index is 12.2. The SMILES string of the molecule is CCc1nn(C)cc1C(=O)NC(C)(CC)CN. The lowest BCUT2D eigenvalue weighted by atomic mass is 9.98. The molecule has 1 aromatic heterocycles. The van der Waals surface area contributed by atoms with Crippen LogP contribution in [0.1, 0.15) is 43.2 Å². The molecule has 0 aromatic carbocycles. The minimum atomic E-state index is -0.349. The lowest BCUT2D eigenvalue weighted by Crippen LogP contribution is -2.51. The molecule has 0 radical (unpaired) electrons. The smallest absolute Gasteiger partial charge is 0.255 e. The quantitative estimate of drug-likeness (QED) is 0.798. The van der Waals surface area contributed by atoms with Gasteiger partial charge in [-0.05, 0) is 19.8 Å². The number of nitrogens with one attached hydrogen (secondary N) is 1. The Morgan fingerprint density at radius 2 is 2.24 bits per heavy atom. The van der Waals surface area contributed by atoms with Gasteiger partial charge in [-0.3, -0.25) is 9.48 Å². The van der Waals surface area contributed by atoms with Gasteiger partial charge in [0, 0.05) is 25.3 Å². The molecule has 1 heterocycles. The largest absolute Gasteiger partial charge is 0.346 e. The van der Waals surface area contributed by atoms with Gasteiger partial charge in [-0.2, -0.15) is 5.10 Å². The van der Waals surface area contributed by atoms with Gasteiger partial charge < -0.3 is 11.1 Å². The molecule has 0 spiro atoms. The topological polar surface area (TPSA) is 72.9 Å². The molecule has 5 nitrogen and oxygen atoms in total. The van der Waals surface area contributed by atoms with Crippen LogP contribution in [0.2, 0.25) is 0 Å². The van der Waals surface area contributed by atoms with Crippen molar-refractivity contribution in [2.24, 2.45) is 12.8 Å². The summed E-state index contributed by atoms with van der Waals surface area (Å²) in [6.45, 7) is 6.38. The van der Waals surface area contributed by atoms with Crippen LogP contribution in [0.3, 0.4) is 0 Å². The number of aryl methyl sites for hydroxylation is 2. The van der Waals surface area contributed by atoms with Crippen molar-refractivity contribution in [1.82, 2.24) is 15.1 Å². The van der Waals surface area contributed by atoms with Crippen molar-refractivity contribution in [2.75, 3.05) is 6.54 Å². The van der Waals surface area contributed by atoms with Gasteiger partial charge in [0.15, 0.2) is 0 Å². The molecule has 1 rings (SSSR count). The molecule has 0 fully saturated rings. The number of carbonyl (C=O) groups excluding carboxylic acids is 1. The zero-order valence-corrected chi connectivity index (χ0v) is 11.1. The number of amides is 1. The first kappa shape index (κ1) is 13.7. The van der Waals surface area contributed by atoms with Gasteiger partial charge >= 0.3 is 0 Å². The lowest BCUT2D eigenvalue weighted by molar-refractivity contribution is 0.0905. The van der Waals surface area contributed by atoms with Gasteiger partial charge in [-0.1, -0.05) is 13.8 Å². The fourth-order valence-electron chi connectivity index (χ4n) is 1.61. The Labute approximate surface area is 102 Å². The molecule has 1 atom stereocenters. The zero-order chi connectivity index (χ0) is 13.1. The summed E-state index contributed by atoms with van der Waals surface area (Å²) in [6.07, 6.45) is 3.30. The number of aromatic nitrogens is 2. The van der Waals surface area contributed by atoms with Crippen LogP contribution in [0.25, 0.3) is 0 Å². The van der Waals surface area contributed by atoms with E-state index in [4.69, 9.17) is 5.73 Å². The Morgan fingerprint density at radius 1 is 1.59 bits per heavy atom. The fourth-order valence-corrected chi connectivity index (χ4v) is 1.61. The average molecular weight is 238 g/mol. The van der Waals surface area contributed by atoms with Crippen molar-refractivity contribution in [3.05, 3.63) is 17.5 Å². The summed E-state index contributed by atoms with van der Waals surface area (Å²) in [5, 5.41) is 7.24. The van der Waals surface area contributed by atoms with E-state index in [0.717, 1.165) is 18.5 Å². The number of hydrogen-bond acceptors (Lipinski definition) is 3. The van der Waals surface area contributed by atoms with E-state index in [1.807, 2.05) is 27.8 Å². The Hall–Kier alpha value is -1.36. The number of rotatable bonds is 5. The van der Waals surface area contributed by atoms with Gasteiger partial charge in [-0.15, -0.1) is 0 Å². The maximum atomic E-state index is 12.2. The van der Waals surface area contributed by atoms with Crippen LogP contribution in [0.4, 0.5) is 0 Å². The highest BCUT2D eigenvalue weighted by Crippen LogP contribution is 2.12. The van der Waals surface area contributed by atoms with Crippen LogP contribution in [-0.4, -0.2) is 27.8 Å². The van der Waals surface area contributed by atoms with E-state index < -0.39 is 0 Å². The van der Waals surface area contributed by atoms with E-state index in [1.54, 1.807) is 10.9 Å². The highest BCUT2D eigenvalue weighted by atomic mass is 16.1. The van der Waals surface area contributed by atoms with Crippen LogP contribution in [0.5, 0.6) is 0 Å². The molecule has 3 N–H and O–H groups in total. The standard InChI is InChI=1S/C12H22N4O/c1-5-10-9(7-16(4)15-10)11(17)14-12(3,6-2)8-13/h7H,5-6,8,13H2,1-4H3,(H,14,17). The van der Waals surface area contributed by atoms with Crippen molar-refractivity contribution in [3.63, 3.8) is 0 Å². The Balaban J connectivity index is 2.89. The molecule has 1 amide bonds. The summed E-state index contributed by atoms with van der Waals surface area (Å²) >= 11 is 0. The molecule has 0 saturated carbocycles. The van der Waals surface area contributed by atoms with E-state index in [1.165, 1.54) is 0 Å². The van der Waals surface area contributed by atoms with E-state index in [9.17, 15) is 4.79 Å². The summed E-state index contributed by atoms with van der Waals surface area (Å²) in [4.78, 5) is 12.2. The Kier molecular flexibility index (Phi) is 4.28. The maximum Gasteiger partial charge on any atom is 0.255 e. The highest BCUT2D eigenvalue weighted by Gasteiger charge is 2.25. The van der Waals surface area contributed by atoms with Crippen LogP contribution < -0.4 is 11.1 Å². The third-order valence-electron chi connectivity index (χ3n) is 3.13. The molecule has 0 saturated heterocycles. The lowest BCUT2D eigenvalue weighted by Gasteiger charge is -2.27. The molecule has 17 heavy (non-hydrogen) atoms. The first-order valence-electron chi connectivity index (χ1n) is 6.00. The fraction of sp³-hybridized carbons (Fsp3) is 0.667. The summed E-state index contributed by atoms with van der Waals surface area (Å²) in [6, 6.07) is 0. The van der Waals surface area contributed by atoms with Gasteiger partial charge in [0.1, 0.15) is 0 Å². The second kappa shape index (κ2) is 5.31. The first-order chi connectivity index (χ1) is 7.95. The molecule has 1 unspecified atom stereocenters. The number of carbonyl (C=O) groups is 1. The molecule has 5 heteroatoms. The summed E-state index contributed by atoms with van der Waals surface area (Å²) in [5.41, 5.74) is 6.80.